The van der Waals surface area contributed by atoms with Gasteiger partial charge in [-0.1, -0.05) is 37.8 Å². The van der Waals surface area contributed by atoms with Crippen LogP contribution < -0.4 is 4.74 Å². The zero-order valence-electron chi connectivity index (χ0n) is 13.3. The van der Waals surface area contributed by atoms with Gasteiger partial charge in [0.05, 0.1) is 20.8 Å². The van der Waals surface area contributed by atoms with Crippen LogP contribution in [0.15, 0.2) is 30.3 Å². The van der Waals surface area contributed by atoms with Crippen molar-refractivity contribution in [1.82, 2.24) is 0 Å². The molecule has 1 saturated carbocycles. The highest BCUT2D eigenvalue weighted by Gasteiger charge is 2.42. The molecule has 3 heteroatoms. The van der Waals surface area contributed by atoms with Crippen LogP contribution in [-0.4, -0.2) is 25.9 Å². The van der Waals surface area contributed by atoms with Gasteiger partial charge in [-0.15, -0.1) is 11.8 Å². The number of hydrogen-bond donors (Lipinski definition) is 1. The van der Waals surface area contributed by atoms with Crippen molar-refractivity contribution in [2.75, 3.05) is 6.61 Å². The Morgan fingerprint density at radius 3 is 2.62 bits per heavy atom. The quantitative estimate of drug-likeness (QED) is 0.640. The molecule has 3 atom stereocenters. The third-order valence-corrected chi connectivity index (χ3v) is 4.97. The lowest BCUT2D eigenvalue weighted by Crippen LogP contribution is -2.17. The minimum Gasteiger partial charge on any atom is -0.493 e. The molecule has 0 aliphatic heterocycles. The van der Waals surface area contributed by atoms with E-state index in [1.165, 1.54) is 0 Å². The van der Waals surface area contributed by atoms with Gasteiger partial charge in [-0.3, -0.25) is 0 Å². The van der Waals surface area contributed by atoms with Crippen molar-refractivity contribution in [2.45, 2.75) is 44.6 Å². The van der Waals surface area contributed by atoms with E-state index in [2.05, 4.69) is 31.5 Å². The molecule has 114 valence electrons. The molecule has 21 heavy (non-hydrogen) atoms. The van der Waals surface area contributed by atoms with Crippen molar-refractivity contribution in [3.8, 4) is 17.6 Å². The van der Waals surface area contributed by atoms with Gasteiger partial charge in [-0.05, 0) is 30.4 Å². The van der Waals surface area contributed by atoms with Gasteiger partial charge in [-0.25, -0.2) is 0 Å². The Balaban J connectivity index is 1.66. The van der Waals surface area contributed by atoms with Gasteiger partial charge in [0.1, 0.15) is 5.75 Å². The number of aliphatic hydroxyl groups is 1. The molecule has 1 N–H and O–H groups in total. The summed E-state index contributed by atoms with van der Waals surface area (Å²) in [6.07, 6.45) is 1.38. The Morgan fingerprint density at radius 1 is 1.24 bits per heavy atom. The topological polar surface area (TPSA) is 29.5 Å². The van der Waals surface area contributed by atoms with Crippen LogP contribution in [0.5, 0.6) is 5.75 Å². The van der Waals surface area contributed by atoms with E-state index < -0.39 is 8.07 Å². The summed E-state index contributed by atoms with van der Waals surface area (Å²) < 4.78 is 5.74. The van der Waals surface area contributed by atoms with Crippen LogP contribution in [0.25, 0.3) is 0 Å². The first kappa shape index (κ1) is 16.1. The van der Waals surface area contributed by atoms with Gasteiger partial charge in [-0.2, -0.15) is 0 Å². The monoisotopic (exact) mass is 302 g/mol. The van der Waals surface area contributed by atoms with Gasteiger partial charge in [0.15, 0.2) is 0 Å². The van der Waals surface area contributed by atoms with Crippen LogP contribution in [0.1, 0.15) is 12.8 Å². The fraction of sp³-hybridized carbons (Fsp3) is 0.556. The molecule has 0 unspecified atom stereocenters. The number of para-hydroxylation sites is 1. The van der Waals surface area contributed by atoms with Crippen LogP contribution in [-0.2, 0) is 0 Å². The summed E-state index contributed by atoms with van der Waals surface area (Å²) in [6, 6.07) is 10.9. The van der Waals surface area contributed by atoms with Crippen molar-refractivity contribution in [1.29, 1.82) is 0 Å². The predicted molar refractivity (Wildman–Crippen MR) is 90.1 cm³/mol. The third kappa shape index (κ3) is 5.95. The molecule has 2 rings (SSSR count). The van der Waals surface area contributed by atoms with Crippen molar-refractivity contribution in [3.63, 3.8) is 0 Å². The molecule has 0 spiro atoms. The molecular formula is C18H26O2Si. The van der Waals surface area contributed by atoms with Gasteiger partial charge in [0.2, 0.25) is 0 Å². The Bertz CT molecular complexity index is 495. The maximum atomic E-state index is 10.1. The highest BCUT2D eigenvalue weighted by Crippen LogP contribution is 2.42. The van der Waals surface area contributed by atoms with E-state index in [9.17, 15) is 5.11 Å². The normalized spacial score (nSPS) is 22.1. The van der Waals surface area contributed by atoms with Gasteiger partial charge in [0, 0.05) is 12.5 Å². The Labute approximate surface area is 129 Å². The molecule has 1 fully saturated rings. The van der Waals surface area contributed by atoms with E-state index in [1.54, 1.807) is 0 Å². The van der Waals surface area contributed by atoms with E-state index >= 15 is 0 Å². The number of hydrogen-bond acceptors (Lipinski definition) is 2. The van der Waals surface area contributed by atoms with Crippen molar-refractivity contribution >= 4 is 8.07 Å². The van der Waals surface area contributed by atoms with Crippen LogP contribution in [0.3, 0.4) is 0 Å². The van der Waals surface area contributed by atoms with E-state index in [0.717, 1.165) is 18.2 Å². The van der Waals surface area contributed by atoms with Crippen molar-refractivity contribution in [3.05, 3.63) is 30.3 Å². The molecule has 1 aliphatic rings. The zero-order valence-corrected chi connectivity index (χ0v) is 14.3. The first-order valence-electron chi connectivity index (χ1n) is 7.77. The van der Waals surface area contributed by atoms with Crippen LogP contribution >= 0.6 is 0 Å². The second-order valence-electron chi connectivity index (χ2n) is 7.15. The number of benzene rings is 1. The molecule has 0 heterocycles. The molecule has 0 saturated heterocycles. The van der Waals surface area contributed by atoms with Crippen molar-refractivity contribution < 1.29 is 9.84 Å². The molecule has 0 amide bonds. The van der Waals surface area contributed by atoms with E-state index in [4.69, 9.17) is 4.74 Å². The molecule has 0 radical (unpaired) electrons. The Kier molecular flexibility index (Phi) is 5.49. The first-order valence-corrected chi connectivity index (χ1v) is 11.5. The minimum atomic E-state index is -1.08. The number of rotatable bonds is 6. The molecule has 2 nitrogen and oxygen atoms in total. The Hall–Kier alpha value is -1.24. The molecule has 1 aliphatic carbocycles. The number of aliphatic hydroxyl groups excluding tert-OH is 1. The lowest BCUT2D eigenvalue weighted by molar-refractivity contribution is 0.143. The third-order valence-electron chi connectivity index (χ3n) is 3.73. The van der Waals surface area contributed by atoms with Crippen LogP contribution in [0.4, 0.5) is 0 Å². The lowest BCUT2D eigenvalue weighted by Gasteiger charge is -2.10. The molecular weight excluding hydrogens is 276 g/mol. The van der Waals surface area contributed by atoms with E-state index in [1.807, 2.05) is 30.3 Å². The summed E-state index contributed by atoms with van der Waals surface area (Å²) in [5, 5.41) is 10.1. The van der Waals surface area contributed by atoms with E-state index in [-0.39, 0.29) is 6.10 Å². The standard InChI is InChI=1S/C18H26O2Si/c1-21(2,3)12-8-7-11-18(19)17-13-15(17)14-20-16-9-5-4-6-10-16/h4-6,9-10,15,17-19H,11-14H2,1-3H3/t15-,17-,18+/m1/s1. The molecule has 1 aromatic rings. The molecule has 0 bridgehead atoms. The fourth-order valence-corrected chi connectivity index (χ4v) is 2.96. The summed E-state index contributed by atoms with van der Waals surface area (Å²) in [4.78, 5) is 0. The van der Waals surface area contributed by atoms with Gasteiger partial charge < -0.3 is 9.84 Å². The second-order valence-corrected chi connectivity index (χ2v) is 12.6. The summed E-state index contributed by atoms with van der Waals surface area (Å²) >= 11 is 0. The smallest absolute Gasteiger partial charge is 0.119 e. The highest BCUT2D eigenvalue weighted by atomic mass is 28.3. The average Bonchev–Trinajstić information content (AvgIpc) is 3.21. The summed E-state index contributed by atoms with van der Waals surface area (Å²) in [7, 11) is -1.08. The largest absolute Gasteiger partial charge is 0.493 e. The second kappa shape index (κ2) is 7.15. The van der Waals surface area contributed by atoms with Crippen molar-refractivity contribution in [2.24, 2.45) is 11.8 Å². The molecule has 0 aromatic heterocycles. The summed E-state index contributed by atoms with van der Waals surface area (Å²) in [5.41, 5.74) is 0. The van der Waals surface area contributed by atoms with Gasteiger partial charge in [0.25, 0.3) is 0 Å². The number of ether oxygens (including phenoxy) is 1. The maximum absolute atomic E-state index is 10.1. The van der Waals surface area contributed by atoms with E-state index in [0.29, 0.717) is 24.9 Å². The maximum Gasteiger partial charge on any atom is 0.119 e. The lowest BCUT2D eigenvalue weighted by atomic mass is 10.1. The van der Waals surface area contributed by atoms with Gasteiger partial charge >= 0.3 is 0 Å². The fourth-order valence-electron chi connectivity index (χ4n) is 2.31. The highest BCUT2D eigenvalue weighted by molar-refractivity contribution is 6.76. The predicted octanol–water partition coefficient (Wildman–Crippen LogP) is 3.79. The Morgan fingerprint density at radius 2 is 1.95 bits per heavy atom. The minimum absolute atomic E-state index is 0.288. The molecule has 1 aromatic carbocycles. The summed E-state index contributed by atoms with van der Waals surface area (Å²) in [5.74, 6) is 8.15. The SMILES string of the molecule is C[Si](C)(C)CC#CC[C@H](O)[C@@H]1C[C@@H]1COc1ccccc1. The average molecular weight is 302 g/mol. The zero-order chi connectivity index (χ0) is 15.3. The first-order chi connectivity index (χ1) is 9.96. The van der Waals surface area contributed by atoms with Crippen LogP contribution in [0.2, 0.25) is 25.7 Å². The summed E-state index contributed by atoms with van der Waals surface area (Å²) in [6.45, 7) is 7.65. The van der Waals surface area contributed by atoms with Crippen LogP contribution in [0, 0.1) is 23.7 Å².